The van der Waals surface area contributed by atoms with Crippen LogP contribution in [0.1, 0.15) is 31.7 Å². The Bertz CT molecular complexity index is 1540. The highest BCUT2D eigenvalue weighted by atomic mass is 32.2. The predicted molar refractivity (Wildman–Crippen MR) is 160 cm³/mol. The number of ether oxygens (including phenoxy) is 3. The zero-order valence-corrected chi connectivity index (χ0v) is 24.2. The van der Waals surface area contributed by atoms with E-state index in [4.69, 9.17) is 23.4 Å². The summed E-state index contributed by atoms with van der Waals surface area (Å²) >= 11 is 0. The number of fused-ring (bicyclic) bond motifs is 1. The zero-order chi connectivity index (χ0) is 28.7. The molecule has 0 saturated carbocycles. The van der Waals surface area contributed by atoms with Crippen molar-refractivity contribution in [3.63, 3.8) is 0 Å². The van der Waals surface area contributed by atoms with Crippen LogP contribution < -0.4 is 10.1 Å². The van der Waals surface area contributed by atoms with Gasteiger partial charge in [0.1, 0.15) is 18.5 Å². The monoisotopic (exact) mass is 576 g/mol. The molecular weight excluding hydrogens is 540 g/mol. The minimum absolute atomic E-state index is 0.0957. The number of nitrogens with zero attached hydrogens (tertiary/aromatic N) is 1. The van der Waals surface area contributed by atoms with Crippen LogP contribution >= 0.6 is 0 Å². The van der Waals surface area contributed by atoms with Crippen molar-refractivity contribution in [2.24, 2.45) is 0 Å². The molecule has 1 fully saturated rings. The molecule has 2 heterocycles. The van der Waals surface area contributed by atoms with Gasteiger partial charge in [0.05, 0.1) is 22.7 Å². The Morgan fingerprint density at radius 3 is 2.51 bits per heavy atom. The van der Waals surface area contributed by atoms with E-state index in [9.17, 15) is 8.42 Å². The van der Waals surface area contributed by atoms with Gasteiger partial charge >= 0.3 is 0 Å². The maximum absolute atomic E-state index is 12.8. The van der Waals surface area contributed by atoms with Gasteiger partial charge in [-0.2, -0.15) is 8.42 Å². The third kappa shape index (κ3) is 7.83. The second-order valence-electron chi connectivity index (χ2n) is 10.1. The molecule has 216 valence electrons. The molecule has 0 bridgehead atoms. The quantitative estimate of drug-likeness (QED) is 0.195. The molecule has 0 aliphatic carbocycles. The van der Waals surface area contributed by atoms with Gasteiger partial charge in [0.15, 0.2) is 6.29 Å². The fourth-order valence-electron chi connectivity index (χ4n) is 4.60. The van der Waals surface area contributed by atoms with E-state index in [2.05, 4.69) is 24.4 Å². The van der Waals surface area contributed by atoms with Gasteiger partial charge in [0.2, 0.25) is 0 Å². The van der Waals surface area contributed by atoms with Gasteiger partial charge in [-0.25, -0.2) is 4.98 Å². The first-order valence-corrected chi connectivity index (χ1v) is 15.4. The van der Waals surface area contributed by atoms with Crippen LogP contribution in [0.2, 0.25) is 0 Å². The lowest BCUT2D eigenvalue weighted by Crippen LogP contribution is -2.35. The molecule has 1 aliphatic rings. The fraction of sp³-hybridized carbons (Fsp3) is 0.344. The van der Waals surface area contributed by atoms with Crippen LogP contribution in [0.3, 0.4) is 0 Å². The highest BCUT2D eigenvalue weighted by molar-refractivity contribution is 7.86. The Morgan fingerprint density at radius 2 is 1.78 bits per heavy atom. The molecule has 5 rings (SSSR count). The number of benzene rings is 3. The fourth-order valence-corrected chi connectivity index (χ4v) is 5.54. The van der Waals surface area contributed by atoms with Crippen LogP contribution in [0.5, 0.6) is 5.75 Å². The first-order chi connectivity index (χ1) is 19.9. The summed E-state index contributed by atoms with van der Waals surface area (Å²) in [5, 5.41) is 4.23. The Hall–Kier alpha value is -3.50. The van der Waals surface area contributed by atoms with Crippen molar-refractivity contribution in [2.75, 3.05) is 31.7 Å². The van der Waals surface area contributed by atoms with Crippen LogP contribution in [0.25, 0.3) is 22.2 Å². The molecule has 9 heteroatoms. The molecule has 2 unspecified atom stereocenters. The van der Waals surface area contributed by atoms with Gasteiger partial charge in [0.25, 0.3) is 10.1 Å². The third-order valence-electron chi connectivity index (χ3n) is 6.86. The molecule has 41 heavy (non-hydrogen) atoms. The summed E-state index contributed by atoms with van der Waals surface area (Å²) in [5.41, 5.74) is 4.82. The maximum Gasteiger partial charge on any atom is 0.297 e. The number of pyridine rings is 1. The minimum Gasteiger partial charge on any atom is -0.491 e. The largest absolute Gasteiger partial charge is 0.491 e. The second-order valence-corrected chi connectivity index (χ2v) is 11.7. The molecular formula is C32H36N2O6S. The zero-order valence-electron chi connectivity index (χ0n) is 23.4. The lowest BCUT2D eigenvalue weighted by Gasteiger charge is -2.27. The van der Waals surface area contributed by atoms with Gasteiger partial charge in [0, 0.05) is 29.8 Å². The lowest BCUT2D eigenvalue weighted by molar-refractivity contribution is -0.198. The molecule has 0 amide bonds. The number of hydrogen-bond acceptors (Lipinski definition) is 8. The SMILES string of the molecule is CCNc1ccc(-c2ccc3cc(OCC(COS(=O)(=O)c4ccc(C)cc4)OC4CCCCO4)ccc3n2)cc1. The first-order valence-electron chi connectivity index (χ1n) is 14.0. The summed E-state index contributed by atoms with van der Waals surface area (Å²) in [5.74, 6) is 0.626. The highest BCUT2D eigenvalue weighted by Crippen LogP contribution is 2.26. The average molecular weight is 577 g/mol. The van der Waals surface area contributed by atoms with Crippen LogP contribution in [0.4, 0.5) is 5.69 Å². The second kappa shape index (κ2) is 13.4. The summed E-state index contributed by atoms with van der Waals surface area (Å²) < 4.78 is 48.8. The lowest BCUT2D eigenvalue weighted by atomic mass is 10.1. The number of rotatable bonds is 12. The Labute approximate surface area is 241 Å². The van der Waals surface area contributed by atoms with Crippen molar-refractivity contribution < 1.29 is 26.8 Å². The minimum atomic E-state index is -3.95. The van der Waals surface area contributed by atoms with E-state index in [0.717, 1.165) is 59.2 Å². The van der Waals surface area contributed by atoms with Gasteiger partial charge in [-0.3, -0.25) is 4.18 Å². The van der Waals surface area contributed by atoms with E-state index >= 15 is 0 Å². The van der Waals surface area contributed by atoms with Gasteiger partial charge in [-0.1, -0.05) is 35.9 Å². The van der Waals surface area contributed by atoms with Crippen LogP contribution in [0.15, 0.2) is 83.8 Å². The maximum atomic E-state index is 12.8. The number of aromatic nitrogens is 1. The number of nitrogens with one attached hydrogen (secondary N) is 1. The molecule has 2 atom stereocenters. The molecule has 1 N–H and O–H groups in total. The smallest absolute Gasteiger partial charge is 0.297 e. The van der Waals surface area contributed by atoms with E-state index in [1.54, 1.807) is 12.1 Å². The van der Waals surface area contributed by atoms with Crippen molar-refractivity contribution in [2.45, 2.75) is 50.4 Å². The summed E-state index contributed by atoms with van der Waals surface area (Å²) in [6, 6.07) is 24.5. The molecule has 3 aromatic carbocycles. The summed E-state index contributed by atoms with van der Waals surface area (Å²) in [4.78, 5) is 4.92. The van der Waals surface area contributed by atoms with Crippen molar-refractivity contribution >= 4 is 26.7 Å². The highest BCUT2D eigenvalue weighted by Gasteiger charge is 2.24. The average Bonchev–Trinajstić information content (AvgIpc) is 2.99. The van der Waals surface area contributed by atoms with E-state index in [-0.39, 0.29) is 18.1 Å². The van der Waals surface area contributed by atoms with E-state index in [0.29, 0.717) is 12.4 Å². The van der Waals surface area contributed by atoms with Gasteiger partial charge in [-0.15, -0.1) is 0 Å². The van der Waals surface area contributed by atoms with Gasteiger partial charge < -0.3 is 19.5 Å². The first kappa shape index (κ1) is 29.0. The number of aryl methyl sites for hydroxylation is 1. The van der Waals surface area contributed by atoms with Crippen LogP contribution in [-0.4, -0.2) is 52.2 Å². The van der Waals surface area contributed by atoms with Crippen LogP contribution in [0, 0.1) is 6.92 Å². The van der Waals surface area contributed by atoms with E-state index < -0.39 is 22.5 Å². The molecule has 4 aromatic rings. The standard InChI is InChI=1S/C32H36N2O6S/c1-3-33-26-12-9-24(10-13-26)30-17-11-25-20-27(14-18-31(25)34-30)38-21-28(40-32-6-4-5-19-37-32)22-39-41(35,36)29-15-7-23(2)8-16-29/h7-18,20,28,32-33H,3-6,19,21-22H2,1-2H3. The number of anilines is 1. The van der Waals surface area contributed by atoms with Crippen molar-refractivity contribution in [1.29, 1.82) is 0 Å². The molecule has 1 aromatic heterocycles. The third-order valence-corrected chi connectivity index (χ3v) is 8.15. The van der Waals surface area contributed by atoms with E-state index in [1.165, 1.54) is 12.1 Å². The normalized spacial score (nSPS) is 16.4. The van der Waals surface area contributed by atoms with Crippen molar-refractivity contribution in [1.82, 2.24) is 4.98 Å². The Balaban J connectivity index is 1.26. The molecule has 1 saturated heterocycles. The number of hydrogen-bond donors (Lipinski definition) is 1. The summed E-state index contributed by atoms with van der Waals surface area (Å²) in [6.45, 7) is 5.35. The predicted octanol–water partition coefficient (Wildman–Crippen LogP) is 6.34. The summed E-state index contributed by atoms with van der Waals surface area (Å²) in [7, 11) is -3.95. The molecule has 8 nitrogen and oxygen atoms in total. The summed E-state index contributed by atoms with van der Waals surface area (Å²) in [6.07, 6.45) is 1.63. The van der Waals surface area contributed by atoms with E-state index in [1.807, 2.05) is 49.4 Å². The Morgan fingerprint density at radius 1 is 0.976 bits per heavy atom. The topological polar surface area (TPSA) is 96.0 Å². The molecule has 0 radical (unpaired) electrons. The van der Waals surface area contributed by atoms with Crippen molar-refractivity contribution in [3.05, 3.63) is 84.4 Å². The molecule has 0 spiro atoms. The van der Waals surface area contributed by atoms with Gasteiger partial charge in [-0.05, 0) is 81.6 Å². The van der Waals surface area contributed by atoms with Crippen LogP contribution in [-0.2, 0) is 23.8 Å². The molecule has 1 aliphatic heterocycles. The Kier molecular flexibility index (Phi) is 9.51. The van der Waals surface area contributed by atoms with Crippen molar-refractivity contribution in [3.8, 4) is 17.0 Å².